The molecule has 1 aromatic rings. The van der Waals surface area contributed by atoms with Crippen LogP contribution in [0.15, 0.2) is 9.72 Å². The Balaban J connectivity index is 2.27. The minimum atomic E-state index is -3.55. The number of thiazole rings is 1. The van der Waals surface area contributed by atoms with Crippen LogP contribution in [0.4, 0.5) is 0 Å². The van der Waals surface area contributed by atoms with Crippen LogP contribution in [0.2, 0.25) is 0 Å². The van der Waals surface area contributed by atoms with Gasteiger partial charge in [-0.2, -0.15) is 0 Å². The lowest BCUT2D eigenvalue weighted by Gasteiger charge is -2.05. The van der Waals surface area contributed by atoms with Crippen molar-refractivity contribution in [2.75, 3.05) is 26.2 Å². The van der Waals surface area contributed by atoms with Crippen LogP contribution in [0, 0.1) is 6.92 Å². The molecule has 0 bridgehead atoms. The van der Waals surface area contributed by atoms with E-state index in [2.05, 4.69) is 15.0 Å². The molecule has 0 spiro atoms. The highest BCUT2D eigenvalue weighted by atomic mass is 32.2. The van der Waals surface area contributed by atoms with Gasteiger partial charge in [-0.05, 0) is 13.8 Å². The molecule has 0 fully saturated rings. The van der Waals surface area contributed by atoms with Crippen molar-refractivity contribution in [3.63, 3.8) is 0 Å². The van der Waals surface area contributed by atoms with E-state index in [1.807, 2.05) is 0 Å². The maximum absolute atomic E-state index is 11.8. The molecule has 0 saturated heterocycles. The third-order valence-electron chi connectivity index (χ3n) is 2.00. The Morgan fingerprint density at radius 3 is 2.79 bits per heavy atom. The topological polar surface area (TPSA) is 97.4 Å². The van der Waals surface area contributed by atoms with Crippen LogP contribution in [0.25, 0.3) is 0 Å². The second-order valence-corrected chi connectivity index (χ2v) is 6.43. The first-order valence-corrected chi connectivity index (χ1v) is 8.10. The summed E-state index contributed by atoms with van der Waals surface area (Å²) in [7, 11) is -3.55. The number of aromatic nitrogens is 1. The first-order valence-electron chi connectivity index (χ1n) is 5.74. The van der Waals surface area contributed by atoms with Gasteiger partial charge in [0.15, 0.2) is 0 Å². The fraction of sp³-hybridized carbons (Fsp3) is 0.600. The molecular weight excluding hydrogens is 290 g/mol. The normalized spacial score (nSPS) is 11.5. The number of nitrogens with zero attached hydrogens (tertiary/aromatic N) is 1. The monoisotopic (exact) mass is 307 g/mol. The lowest BCUT2D eigenvalue weighted by Crippen LogP contribution is -2.34. The summed E-state index contributed by atoms with van der Waals surface area (Å²) < 4.78 is 30.7. The Labute approximate surface area is 116 Å². The number of esters is 1. The molecular formula is C10H17N3O4S2. The fourth-order valence-corrected chi connectivity index (χ4v) is 3.30. The highest BCUT2D eigenvalue weighted by Gasteiger charge is 2.16. The van der Waals surface area contributed by atoms with E-state index in [9.17, 15) is 13.2 Å². The van der Waals surface area contributed by atoms with Crippen LogP contribution in [-0.4, -0.2) is 45.6 Å². The van der Waals surface area contributed by atoms with Gasteiger partial charge < -0.3 is 10.1 Å². The molecule has 7 nitrogen and oxygen atoms in total. The van der Waals surface area contributed by atoms with Crippen molar-refractivity contribution in [1.82, 2.24) is 15.0 Å². The summed E-state index contributed by atoms with van der Waals surface area (Å²) >= 11 is 1.08. The van der Waals surface area contributed by atoms with Gasteiger partial charge in [0.2, 0.25) is 4.34 Å². The number of carbonyl (C=O) groups excluding carboxylic acids is 1. The van der Waals surface area contributed by atoms with Crippen molar-refractivity contribution in [3.05, 3.63) is 11.1 Å². The summed E-state index contributed by atoms with van der Waals surface area (Å²) in [6, 6.07) is 0. The van der Waals surface area contributed by atoms with Crippen LogP contribution < -0.4 is 10.0 Å². The van der Waals surface area contributed by atoms with Crippen LogP contribution in [0.1, 0.15) is 12.6 Å². The van der Waals surface area contributed by atoms with E-state index in [1.54, 1.807) is 19.2 Å². The van der Waals surface area contributed by atoms with Crippen LogP contribution in [0.5, 0.6) is 0 Å². The van der Waals surface area contributed by atoms with Crippen molar-refractivity contribution in [3.8, 4) is 0 Å². The molecule has 19 heavy (non-hydrogen) atoms. The average molecular weight is 307 g/mol. The quantitative estimate of drug-likeness (QED) is 0.513. The molecule has 1 rings (SSSR count). The minimum Gasteiger partial charge on any atom is -0.465 e. The summed E-state index contributed by atoms with van der Waals surface area (Å²) in [5.41, 5.74) is 0.672. The number of hydrogen-bond donors (Lipinski definition) is 2. The maximum Gasteiger partial charge on any atom is 0.319 e. The molecule has 2 N–H and O–H groups in total. The van der Waals surface area contributed by atoms with Crippen molar-refractivity contribution in [1.29, 1.82) is 0 Å². The standard InChI is InChI=1S/C10H17N3O4S2/c1-3-17-9(14)6-11-4-5-12-19(15,16)10-13-8(2)7-18-10/h7,11-12H,3-6H2,1-2H3. The minimum absolute atomic E-state index is 0.0513. The van der Waals surface area contributed by atoms with Crippen molar-refractivity contribution >= 4 is 27.3 Å². The molecule has 0 aliphatic carbocycles. The van der Waals surface area contributed by atoms with Crippen LogP contribution in [0.3, 0.4) is 0 Å². The molecule has 0 saturated carbocycles. The third-order valence-corrected chi connectivity index (χ3v) is 4.83. The summed E-state index contributed by atoms with van der Waals surface area (Å²) in [6.07, 6.45) is 0. The van der Waals surface area contributed by atoms with Crippen molar-refractivity contribution < 1.29 is 17.9 Å². The van der Waals surface area contributed by atoms with Gasteiger partial charge in [-0.1, -0.05) is 0 Å². The van der Waals surface area contributed by atoms with Gasteiger partial charge in [-0.15, -0.1) is 11.3 Å². The number of nitrogens with one attached hydrogen (secondary N) is 2. The molecule has 0 amide bonds. The zero-order valence-electron chi connectivity index (χ0n) is 10.8. The highest BCUT2D eigenvalue weighted by Crippen LogP contribution is 2.14. The number of sulfonamides is 1. The largest absolute Gasteiger partial charge is 0.465 e. The Morgan fingerprint density at radius 1 is 1.47 bits per heavy atom. The van der Waals surface area contributed by atoms with Gasteiger partial charge >= 0.3 is 5.97 Å². The number of rotatable bonds is 8. The van der Waals surface area contributed by atoms with E-state index in [0.717, 1.165) is 11.3 Å². The van der Waals surface area contributed by atoms with Gasteiger partial charge in [0.05, 0.1) is 13.2 Å². The van der Waals surface area contributed by atoms with Gasteiger partial charge in [-0.3, -0.25) is 4.79 Å². The van der Waals surface area contributed by atoms with Gasteiger partial charge in [-0.25, -0.2) is 18.1 Å². The second-order valence-electron chi connectivity index (χ2n) is 3.63. The molecule has 1 aromatic heterocycles. The predicted molar refractivity (Wildman–Crippen MR) is 71.5 cm³/mol. The van der Waals surface area contributed by atoms with Gasteiger partial charge in [0.25, 0.3) is 10.0 Å². The third kappa shape index (κ3) is 5.64. The fourth-order valence-electron chi connectivity index (χ4n) is 1.19. The summed E-state index contributed by atoms with van der Waals surface area (Å²) in [6.45, 7) is 4.36. The molecule has 9 heteroatoms. The predicted octanol–water partition coefficient (Wildman–Crippen LogP) is -0.117. The lowest BCUT2D eigenvalue weighted by molar-refractivity contribution is -0.141. The van der Waals surface area contributed by atoms with Crippen molar-refractivity contribution in [2.45, 2.75) is 18.2 Å². The zero-order chi connectivity index (χ0) is 14.3. The van der Waals surface area contributed by atoms with Crippen LogP contribution >= 0.6 is 11.3 Å². The van der Waals surface area contributed by atoms with E-state index in [1.165, 1.54) is 0 Å². The molecule has 0 aliphatic heterocycles. The van der Waals surface area contributed by atoms with Crippen molar-refractivity contribution in [2.24, 2.45) is 0 Å². The lowest BCUT2D eigenvalue weighted by atomic mass is 10.6. The summed E-state index contributed by atoms with van der Waals surface area (Å²) in [4.78, 5) is 14.9. The van der Waals surface area contributed by atoms with E-state index in [-0.39, 0.29) is 23.4 Å². The van der Waals surface area contributed by atoms with E-state index in [0.29, 0.717) is 18.8 Å². The van der Waals surface area contributed by atoms with Gasteiger partial charge in [0, 0.05) is 24.2 Å². The molecule has 0 unspecified atom stereocenters. The van der Waals surface area contributed by atoms with Crippen LogP contribution in [-0.2, 0) is 19.6 Å². The highest BCUT2D eigenvalue weighted by molar-refractivity contribution is 7.91. The van der Waals surface area contributed by atoms with Gasteiger partial charge in [0.1, 0.15) is 0 Å². The Morgan fingerprint density at radius 2 is 2.21 bits per heavy atom. The second kappa shape index (κ2) is 7.53. The Kier molecular flexibility index (Phi) is 6.35. The smallest absolute Gasteiger partial charge is 0.319 e. The number of ether oxygens (including phenoxy) is 1. The zero-order valence-corrected chi connectivity index (χ0v) is 12.4. The summed E-state index contributed by atoms with van der Waals surface area (Å²) in [5, 5.41) is 4.45. The molecule has 108 valence electrons. The Hall–Kier alpha value is -1.03. The summed E-state index contributed by atoms with van der Waals surface area (Å²) in [5.74, 6) is -0.360. The number of hydrogen-bond acceptors (Lipinski definition) is 7. The number of aryl methyl sites for hydroxylation is 1. The maximum atomic E-state index is 11.8. The molecule has 1 heterocycles. The van der Waals surface area contributed by atoms with E-state index < -0.39 is 10.0 Å². The van der Waals surface area contributed by atoms with E-state index >= 15 is 0 Å². The first kappa shape index (κ1) is 16.0. The Bertz CT molecular complexity index is 513. The molecule has 0 aromatic carbocycles. The average Bonchev–Trinajstić information content (AvgIpc) is 2.76. The first-order chi connectivity index (χ1) is 8.95. The van der Waals surface area contributed by atoms with E-state index in [4.69, 9.17) is 4.74 Å². The molecule has 0 radical (unpaired) electrons. The number of carbonyl (C=O) groups is 1. The SMILES string of the molecule is CCOC(=O)CNCCNS(=O)(=O)c1nc(C)cs1. The molecule has 0 aliphatic rings. The molecule has 0 atom stereocenters.